The Morgan fingerprint density at radius 2 is 1.64 bits per heavy atom. The zero-order valence-electron chi connectivity index (χ0n) is 20.9. The van der Waals surface area contributed by atoms with Gasteiger partial charge in [-0.3, -0.25) is 9.88 Å². The smallest absolute Gasteiger partial charge is 0.160 e. The summed E-state index contributed by atoms with van der Waals surface area (Å²) in [5, 5.41) is 0. The van der Waals surface area contributed by atoms with Crippen LogP contribution in [-0.2, 0) is 27.8 Å². The molecule has 2 fully saturated rings. The molecule has 2 aliphatic heterocycles. The van der Waals surface area contributed by atoms with Crippen LogP contribution >= 0.6 is 0 Å². The Labute approximate surface area is 214 Å². The van der Waals surface area contributed by atoms with Gasteiger partial charge >= 0.3 is 0 Å². The van der Waals surface area contributed by atoms with Crippen LogP contribution in [0.15, 0.2) is 66.9 Å². The lowest BCUT2D eigenvalue weighted by Crippen LogP contribution is -2.52. The number of likely N-dealkylation sites (tertiary alicyclic amines) is 1. The molecule has 1 aliphatic carbocycles. The number of rotatable bonds is 6. The Balaban J connectivity index is 1.11. The Morgan fingerprint density at radius 3 is 2.33 bits per heavy atom. The molecular weight excluding hydrogens is 468 g/mol. The van der Waals surface area contributed by atoms with E-state index in [1.165, 1.54) is 18.4 Å². The van der Waals surface area contributed by atoms with E-state index in [4.69, 9.17) is 4.74 Å². The topological polar surface area (TPSA) is 59.5 Å². The third kappa shape index (κ3) is 4.94. The van der Waals surface area contributed by atoms with Gasteiger partial charge in [0.1, 0.15) is 11.4 Å². The third-order valence-corrected chi connectivity index (χ3v) is 9.93. The summed E-state index contributed by atoms with van der Waals surface area (Å²) in [5.74, 6) is 1.01. The van der Waals surface area contributed by atoms with Crippen LogP contribution in [-0.4, -0.2) is 42.5 Å². The second kappa shape index (κ2) is 9.00. The zero-order valence-corrected chi connectivity index (χ0v) is 21.8. The molecule has 0 unspecified atom stereocenters. The van der Waals surface area contributed by atoms with Crippen molar-refractivity contribution < 1.29 is 13.2 Å². The highest BCUT2D eigenvalue weighted by Gasteiger charge is 2.48. The highest BCUT2D eigenvalue weighted by atomic mass is 32.2. The first kappa shape index (κ1) is 23.7. The molecule has 188 valence electrons. The summed E-state index contributed by atoms with van der Waals surface area (Å²) in [6, 6.07) is 19.7. The van der Waals surface area contributed by atoms with Crippen molar-refractivity contribution in [3.63, 3.8) is 0 Å². The Hall–Kier alpha value is -2.70. The van der Waals surface area contributed by atoms with Crippen LogP contribution in [0.1, 0.15) is 55.8 Å². The van der Waals surface area contributed by atoms with E-state index in [0.29, 0.717) is 11.2 Å². The molecule has 1 saturated carbocycles. The lowest BCUT2D eigenvalue weighted by atomic mass is 9.82. The Morgan fingerprint density at radius 1 is 0.889 bits per heavy atom. The Kier molecular flexibility index (Phi) is 5.92. The molecule has 3 heterocycles. The third-order valence-electron chi connectivity index (χ3n) is 8.42. The number of aromatic nitrogens is 1. The summed E-state index contributed by atoms with van der Waals surface area (Å²) in [7, 11) is -3.28. The van der Waals surface area contributed by atoms with Gasteiger partial charge in [-0.1, -0.05) is 36.4 Å². The number of pyridine rings is 1. The monoisotopic (exact) mass is 502 g/mol. The normalized spacial score (nSPS) is 20.5. The van der Waals surface area contributed by atoms with Gasteiger partial charge in [0, 0.05) is 24.8 Å². The summed E-state index contributed by atoms with van der Waals surface area (Å²) < 4.78 is 31.9. The molecule has 0 radical (unpaired) electrons. The van der Waals surface area contributed by atoms with Gasteiger partial charge in [0.15, 0.2) is 9.84 Å². The first-order chi connectivity index (χ1) is 17.3. The molecule has 1 aromatic heterocycles. The predicted molar refractivity (Wildman–Crippen MR) is 143 cm³/mol. The van der Waals surface area contributed by atoms with E-state index in [9.17, 15) is 8.42 Å². The van der Waals surface area contributed by atoms with Crippen molar-refractivity contribution in [2.75, 3.05) is 13.1 Å². The summed E-state index contributed by atoms with van der Waals surface area (Å²) >= 11 is 0. The molecule has 3 aliphatic rings. The largest absolute Gasteiger partial charge is 0.487 e. The molecule has 3 aromatic rings. The minimum atomic E-state index is -3.28. The molecule has 0 N–H and O–H groups in total. The maximum absolute atomic E-state index is 12.6. The second-order valence-electron chi connectivity index (χ2n) is 11.1. The summed E-state index contributed by atoms with van der Waals surface area (Å²) in [4.78, 5) is 6.82. The zero-order chi connectivity index (χ0) is 24.8. The number of sulfone groups is 1. The molecule has 0 atom stereocenters. The van der Waals surface area contributed by atoms with E-state index in [1.54, 1.807) is 18.3 Å². The van der Waals surface area contributed by atoms with E-state index in [-0.39, 0.29) is 17.1 Å². The van der Waals surface area contributed by atoms with E-state index in [2.05, 4.69) is 35.0 Å². The van der Waals surface area contributed by atoms with Crippen molar-refractivity contribution in [3.05, 3.63) is 83.7 Å². The fourth-order valence-electron chi connectivity index (χ4n) is 5.81. The maximum Gasteiger partial charge on any atom is 0.160 e. The quantitative estimate of drug-likeness (QED) is 0.441. The van der Waals surface area contributed by atoms with E-state index >= 15 is 0 Å². The van der Waals surface area contributed by atoms with Crippen molar-refractivity contribution in [1.29, 1.82) is 0 Å². The van der Waals surface area contributed by atoms with Crippen molar-refractivity contribution >= 4 is 9.84 Å². The van der Waals surface area contributed by atoms with E-state index < -0.39 is 9.84 Å². The number of ether oxygens (including phenoxy) is 1. The van der Waals surface area contributed by atoms with Crippen LogP contribution in [0.5, 0.6) is 5.75 Å². The molecule has 6 rings (SSSR count). The average molecular weight is 503 g/mol. The maximum atomic E-state index is 12.6. The molecular formula is C30H34N2O3S. The molecule has 1 saturated heterocycles. The molecule has 0 amide bonds. The van der Waals surface area contributed by atoms with Gasteiger partial charge in [0.05, 0.1) is 17.2 Å². The minimum Gasteiger partial charge on any atom is -0.487 e. The molecule has 6 heteroatoms. The van der Waals surface area contributed by atoms with Crippen molar-refractivity contribution in [2.24, 2.45) is 0 Å². The van der Waals surface area contributed by atoms with Crippen LogP contribution < -0.4 is 4.74 Å². The van der Waals surface area contributed by atoms with E-state index in [1.807, 2.05) is 30.3 Å². The van der Waals surface area contributed by atoms with Gasteiger partial charge in [-0.25, -0.2) is 8.42 Å². The first-order valence-corrected chi connectivity index (χ1v) is 14.9. The van der Waals surface area contributed by atoms with Crippen molar-refractivity contribution in [2.45, 2.75) is 68.1 Å². The number of piperidine rings is 1. The lowest BCUT2D eigenvalue weighted by Gasteiger charge is -2.46. The van der Waals surface area contributed by atoms with Crippen molar-refractivity contribution in [1.82, 2.24) is 9.88 Å². The second-order valence-corrected chi connectivity index (χ2v) is 13.2. The predicted octanol–water partition coefficient (Wildman–Crippen LogP) is 5.58. The summed E-state index contributed by atoms with van der Waals surface area (Å²) in [6.07, 6.45) is 8.68. The van der Waals surface area contributed by atoms with Gasteiger partial charge in [0.2, 0.25) is 0 Å². The van der Waals surface area contributed by atoms with Crippen LogP contribution in [0.25, 0.3) is 11.1 Å². The lowest BCUT2D eigenvalue weighted by molar-refractivity contribution is -0.0261. The summed E-state index contributed by atoms with van der Waals surface area (Å²) in [6.45, 7) is 4.69. The van der Waals surface area contributed by atoms with Crippen LogP contribution in [0.3, 0.4) is 0 Å². The first-order valence-electron chi connectivity index (χ1n) is 13.1. The number of fused-ring (bicyclic) bond motifs is 1. The van der Waals surface area contributed by atoms with Gasteiger partial charge in [0.25, 0.3) is 0 Å². The molecule has 1 spiro atoms. The molecule has 36 heavy (non-hydrogen) atoms. The number of benzene rings is 2. The number of hydrogen-bond donors (Lipinski definition) is 0. The summed E-state index contributed by atoms with van der Waals surface area (Å²) in [5.41, 5.74) is 5.35. The van der Waals surface area contributed by atoms with Gasteiger partial charge in [-0.2, -0.15) is 0 Å². The van der Waals surface area contributed by atoms with Crippen LogP contribution in [0.2, 0.25) is 0 Å². The van der Waals surface area contributed by atoms with E-state index in [0.717, 1.165) is 61.2 Å². The van der Waals surface area contributed by atoms with Gasteiger partial charge in [-0.05, 0) is 92.0 Å². The number of aryl methyl sites for hydroxylation is 1. The van der Waals surface area contributed by atoms with Crippen molar-refractivity contribution in [3.8, 4) is 16.9 Å². The minimum absolute atomic E-state index is 0.00131. The van der Waals surface area contributed by atoms with Crippen LogP contribution in [0, 0.1) is 0 Å². The number of nitrogens with zero attached hydrogens (tertiary/aromatic N) is 2. The number of hydrogen-bond acceptors (Lipinski definition) is 5. The fourth-order valence-corrected chi connectivity index (χ4v) is 7.23. The van der Waals surface area contributed by atoms with Gasteiger partial charge in [-0.15, -0.1) is 0 Å². The highest BCUT2D eigenvalue weighted by molar-refractivity contribution is 7.89. The highest BCUT2D eigenvalue weighted by Crippen LogP contribution is 2.46. The molecule has 2 aromatic carbocycles. The van der Waals surface area contributed by atoms with Crippen LogP contribution in [0.4, 0.5) is 0 Å². The standard InChI is InChI=1S/C30H34N2O3S/c1-29(13-14-29)32-18-15-30(16-19-32)12-11-26-20-25(9-10-28(26)35-30)24-7-5-23(6-8-24)21-36(33,34)22-27-4-2-3-17-31-27/h2-10,17,20H,11-16,18-19,21-22H2,1H3. The Bertz CT molecular complexity index is 1340. The fraction of sp³-hybridized carbons (Fsp3) is 0.433. The average Bonchev–Trinajstić information content (AvgIpc) is 3.63. The van der Waals surface area contributed by atoms with Gasteiger partial charge < -0.3 is 4.74 Å². The SMILES string of the molecule is CC1(N2CCC3(CCc4cc(-c5ccc(CS(=O)(=O)Cc6ccccn6)cc5)ccc4O3)CC2)CC1. The molecule has 5 nitrogen and oxygen atoms in total. The molecule has 0 bridgehead atoms.